The average molecular weight is 366 g/mol. The zero-order valence-corrected chi connectivity index (χ0v) is 15.1. The van der Waals surface area contributed by atoms with Crippen LogP contribution < -0.4 is 5.32 Å². The molecule has 0 bridgehead atoms. The zero-order valence-electron chi connectivity index (χ0n) is 14.3. The lowest BCUT2D eigenvalue weighted by Crippen LogP contribution is -2.25. The molecule has 2 aromatic carbocycles. The van der Waals surface area contributed by atoms with E-state index >= 15 is 0 Å². The summed E-state index contributed by atoms with van der Waals surface area (Å²) in [4.78, 5) is 12.5. The molecule has 0 saturated heterocycles. The van der Waals surface area contributed by atoms with Crippen LogP contribution in [-0.4, -0.2) is 15.7 Å². The molecular weight excluding hydrogens is 346 g/mol. The lowest BCUT2D eigenvalue weighted by Gasteiger charge is -2.11. The molecule has 0 aliphatic heterocycles. The Morgan fingerprint density at radius 1 is 1.12 bits per heavy atom. The number of nitrogens with zero attached hydrogens (tertiary/aromatic N) is 2. The predicted molar refractivity (Wildman–Crippen MR) is 102 cm³/mol. The number of aromatic nitrogens is 2. The van der Waals surface area contributed by atoms with Crippen LogP contribution in [0, 0.1) is 5.92 Å². The topological polar surface area (TPSA) is 46.9 Å². The molecule has 26 heavy (non-hydrogen) atoms. The molecule has 1 saturated carbocycles. The summed E-state index contributed by atoms with van der Waals surface area (Å²) in [5.74, 6) is 0.361. The van der Waals surface area contributed by atoms with E-state index in [1.54, 1.807) is 6.20 Å². The third-order valence-corrected chi connectivity index (χ3v) is 5.24. The first-order valence-electron chi connectivity index (χ1n) is 8.78. The quantitative estimate of drug-likeness (QED) is 0.717. The number of hydrogen-bond acceptors (Lipinski definition) is 2. The van der Waals surface area contributed by atoms with Gasteiger partial charge in [0.1, 0.15) is 0 Å². The van der Waals surface area contributed by atoms with E-state index in [1.807, 2.05) is 53.3 Å². The Labute approximate surface area is 157 Å². The second-order valence-electron chi connectivity index (χ2n) is 6.66. The van der Waals surface area contributed by atoms with E-state index in [2.05, 4.69) is 22.5 Å². The molecule has 5 heteroatoms. The predicted octanol–water partition coefficient (Wildman–Crippen LogP) is 4.00. The van der Waals surface area contributed by atoms with Gasteiger partial charge in [0.2, 0.25) is 5.91 Å². The highest BCUT2D eigenvalue weighted by Crippen LogP contribution is 2.49. The van der Waals surface area contributed by atoms with Gasteiger partial charge in [0.25, 0.3) is 0 Å². The van der Waals surface area contributed by atoms with Gasteiger partial charge in [0.05, 0.1) is 6.54 Å². The van der Waals surface area contributed by atoms with Crippen molar-refractivity contribution < 1.29 is 4.79 Å². The number of amides is 1. The van der Waals surface area contributed by atoms with Crippen molar-refractivity contribution in [3.63, 3.8) is 0 Å². The van der Waals surface area contributed by atoms with Crippen LogP contribution in [0.3, 0.4) is 0 Å². The molecule has 1 N–H and O–H groups in total. The SMILES string of the molecule is O=C(NCc1ccccc1Cn1cccn1)C1CC1c1ccccc1Cl. The fourth-order valence-electron chi connectivity index (χ4n) is 3.37. The molecule has 1 heterocycles. The summed E-state index contributed by atoms with van der Waals surface area (Å²) in [6.45, 7) is 1.23. The number of carbonyl (C=O) groups excluding carboxylic acids is 1. The van der Waals surface area contributed by atoms with Gasteiger partial charge in [-0.15, -0.1) is 0 Å². The fraction of sp³-hybridized carbons (Fsp3) is 0.238. The van der Waals surface area contributed by atoms with Gasteiger partial charge in [-0.2, -0.15) is 5.10 Å². The Kier molecular flexibility index (Phi) is 4.76. The maximum absolute atomic E-state index is 12.5. The Morgan fingerprint density at radius 2 is 1.88 bits per heavy atom. The maximum Gasteiger partial charge on any atom is 0.224 e. The zero-order chi connectivity index (χ0) is 17.9. The van der Waals surface area contributed by atoms with Crippen LogP contribution in [0.5, 0.6) is 0 Å². The Balaban J connectivity index is 1.38. The highest BCUT2D eigenvalue weighted by Gasteiger charge is 2.44. The van der Waals surface area contributed by atoms with Gasteiger partial charge in [-0.3, -0.25) is 9.48 Å². The van der Waals surface area contributed by atoms with Gasteiger partial charge < -0.3 is 5.32 Å². The molecule has 4 rings (SSSR count). The third-order valence-electron chi connectivity index (χ3n) is 4.89. The molecule has 3 aromatic rings. The average Bonchev–Trinajstić information content (AvgIpc) is 3.29. The molecule has 132 valence electrons. The van der Waals surface area contributed by atoms with Gasteiger partial charge in [0, 0.05) is 29.9 Å². The number of benzene rings is 2. The van der Waals surface area contributed by atoms with Crippen molar-refractivity contribution in [1.29, 1.82) is 0 Å². The third kappa shape index (κ3) is 3.65. The van der Waals surface area contributed by atoms with Gasteiger partial charge in [-0.05, 0) is 41.2 Å². The van der Waals surface area contributed by atoms with Crippen molar-refractivity contribution >= 4 is 17.5 Å². The molecule has 1 aromatic heterocycles. The van der Waals surface area contributed by atoms with Crippen LogP contribution in [-0.2, 0) is 17.9 Å². The van der Waals surface area contributed by atoms with Crippen LogP contribution in [0.1, 0.15) is 29.0 Å². The molecule has 2 atom stereocenters. The summed E-state index contributed by atoms with van der Waals surface area (Å²) in [5, 5.41) is 8.09. The van der Waals surface area contributed by atoms with E-state index in [4.69, 9.17) is 11.6 Å². The number of halogens is 1. The second kappa shape index (κ2) is 7.34. The van der Waals surface area contributed by atoms with E-state index in [9.17, 15) is 4.79 Å². The molecule has 0 radical (unpaired) electrons. The van der Waals surface area contributed by atoms with Gasteiger partial charge in [-0.25, -0.2) is 0 Å². The highest BCUT2D eigenvalue weighted by atomic mass is 35.5. The van der Waals surface area contributed by atoms with Crippen LogP contribution in [0.25, 0.3) is 0 Å². The van der Waals surface area contributed by atoms with E-state index in [-0.39, 0.29) is 17.7 Å². The lowest BCUT2D eigenvalue weighted by molar-refractivity contribution is -0.122. The Bertz CT molecular complexity index is 907. The minimum absolute atomic E-state index is 0.0215. The molecule has 2 unspecified atom stereocenters. The molecule has 0 spiro atoms. The molecule has 1 aliphatic carbocycles. The monoisotopic (exact) mass is 365 g/mol. The fourth-order valence-corrected chi connectivity index (χ4v) is 3.65. The summed E-state index contributed by atoms with van der Waals surface area (Å²) >= 11 is 6.25. The van der Waals surface area contributed by atoms with Gasteiger partial charge in [0.15, 0.2) is 0 Å². The molecule has 4 nitrogen and oxygen atoms in total. The van der Waals surface area contributed by atoms with Gasteiger partial charge in [-0.1, -0.05) is 54.1 Å². The van der Waals surface area contributed by atoms with E-state index in [0.29, 0.717) is 13.1 Å². The summed E-state index contributed by atoms with van der Waals surface area (Å²) in [6.07, 6.45) is 4.57. The lowest BCUT2D eigenvalue weighted by atomic mass is 10.1. The van der Waals surface area contributed by atoms with Crippen molar-refractivity contribution in [1.82, 2.24) is 15.1 Å². The number of hydrogen-bond donors (Lipinski definition) is 1. The largest absolute Gasteiger partial charge is 0.352 e. The van der Waals surface area contributed by atoms with E-state index in [1.165, 1.54) is 0 Å². The Hall–Kier alpha value is -2.59. The first-order chi connectivity index (χ1) is 12.7. The maximum atomic E-state index is 12.5. The van der Waals surface area contributed by atoms with E-state index < -0.39 is 0 Å². The number of carbonyl (C=O) groups is 1. The molecule has 1 aliphatic rings. The summed E-state index contributed by atoms with van der Waals surface area (Å²) in [6, 6.07) is 17.8. The van der Waals surface area contributed by atoms with Crippen LogP contribution in [0.2, 0.25) is 5.02 Å². The molecule has 1 fully saturated rings. The van der Waals surface area contributed by atoms with Crippen LogP contribution in [0.4, 0.5) is 0 Å². The molecular formula is C21H20ClN3O. The van der Waals surface area contributed by atoms with Crippen molar-refractivity contribution in [3.8, 4) is 0 Å². The van der Waals surface area contributed by atoms with Crippen molar-refractivity contribution in [3.05, 3.63) is 88.7 Å². The van der Waals surface area contributed by atoms with Crippen LogP contribution >= 0.6 is 11.6 Å². The minimum atomic E-state index is 0.0215. The summed E-state index contributed by atoms with van der Waals surface area (Å²) in [7, 11) is 0. The van der Waals surface area contributed by atoms with E-state index in [0.717, 1.165) is 28.1 Å². The first kappa shape index (κ1) is 16.9. The summed E-state index contributed by atoms with van der Waals surface area (Å²) in [5.41, 5.74) is 3.36. The second-order valence-corrected chi connectivity index (χ2v) is 7.07. The minimum Gasteiger partial charge on any atom is -0.352 e. The van der Waals surface area contributed by atoms with Gasteiger partial charge >= 0.3 is 0 Å². The number of rotatable bonds is 6. The smallest absolute Gasteiger partial charge is 0.224 e. The Morgan fingerprint density at radius 3 is 2.65 bits per heavy atom. The van der Waals surface area contributed by atoms with Crippen molar-refractivity contribution in [2.24, 2.45) is 5.92 Å². The standard InChI is InChI=1S/C21H20ClN3O/c22-20-9-4-3-8-17(20)18-12-19(18)21(26)23-13-15-6-1-2-7-16(15)14-25-11-5-10-24-25/h1-11,18-19H,12-14H2,(H,23,26). The first-order valence-corrected chi connectivity index (χ1v) is 9.16. The summed E-state index contributed by atoms with van der Waals surface area (Å²) < 4.78 is 1.88. The highest BCUT2D eigenvalue weighted by molar-refractivity contribution is 6.31. The number of nitrogens with one attached hydrogen (secondary N) is 1. The van der Waals surface area contributed by atoms with Crippen LogP contribution in [0.15, 0.2) is 67.0 Å². The molecule has 1 amide bonds. The van der Waals surface area contributed by atoms with Crippen molar-refractivity contribution in [2.45, 2.75) is 25.4 Å². The van der Waals surface area contributed by atoms with Crippen molar-refractivity contribution in [2.75, 3.05) is 0 Å². The normalized spacial score (nSPS) is 18.5.